The van der Waals surface area contributed by atoms with Crippen LogP contribution in [0.3, 0.4) is 0 Å². The second kappa shape index (κ2) is 5.15. The normalized spacial score (nSPS) is 16.6. The Morgan fingerprint density at radius 2 is 2.05 bits per heavy atom. The van der Waals surface area contributed by atoms with E-state index in [-0.39, 0.29) is 5.82 Å². The molecule has 21 heavy (non-hydrogen) atoms. The van der Waals surface area contributed by atoms with Crippen LogP contribution in [-0.2, 0) is 13.0 Å². The minimum Gasteiger partial charge on any atom is -0.493 e. The van der Waals surface area contributed by atoms with Gasteiger partial charge in [0.05, 0.1) is 6.61 Å². The van der Waals surface area contributed by atoms with E-state index in [0.29, 0.717) is 6.04 Å². The number of fused-ring (bicyclic) bond motifs is 1. The molecule has 1 fully saturated rings. The van der Waals surface area contributed by atoms with Gasteiger partial charge in [0.1, 0.15) is 11.6 Å². The maximum absolute atomic E-state index is 13.6. The highest BCUT2D eigenvalue weighted by atomic mass is 19.1. The van der Waals surface area contributed by atoms with Crippen LogP contribution in [0.4, 0.5) is 4.39 Å². The molecule has 2 aromatic carbocycles. The summed E-state index contributed by atoms with van der Waals surface area (Å²) in [6.07, 6.45) is 3.43. The lowest BCUT2D eigenvalue weighted by Gasteiger charge is -2.12. The summed E-state index contributed by atoms with van der Waals surface area (Å²) in [5.74, 6) is 0.814. The molecule has 0 aromatic heterocycles. The van der Waals surface area contributed by atoms with E-state index in [0.717, 1.165) is 42.0 Å². The Balaban J connectivity index is 1.69. The first kappa shape index (κ1) is 12.8. The van der Waals surface area contributed by atoms with E-state index in [4.69, 9.17) is 4.74 Å². The molecule has 1 aliphatic carbocycles. The van der Waals surface area contributed by atoms with Crippen molar-refractivity contribution >= 4 is 0 Å². The minimum absolute atomic E-state index is 0.171. The van der Waals surface area contributed by atoms with Gasteiger partial charge in [0, 0.05) is 19.0 Å². The Hall–Kier alpha value is -1.87. The second-order valence-electron chi connectivity index (χ2n) is 5.88. The Morgan fingerprint density at radius 1 is 1.14 bits per heavy atom. The van der Waals surface area contributed by atoms with E-state index in [1.807, 2.05) is 12.1 Å². The van der Waals surface area contributed by atoms with Crippen LogP contribution in [0.25, 0.3) is 11.1 Å². The van der Waals surface area contributed by atoms with Crippen LogP contribution in [0.15, 0.2) is 36.4 Å². The van der Waals surface area contributed by atoms with Gasteiger partial charge in [0.25, 0.3) is 0 Å². The third kappa shape index (κ3) is 2.66. The zero-order valence-electron chi connectivity index (χ0n) is 11.9. The van der Waals surface area contributed by atoms with Crippen molar-refractivity contribution in [2.45, 2.75) is 31.8 Å². The molecule has 108 valence electrons. The molecule has 1 saturated carbocycles. The summed E-state index contributed by atoms with van der Waals surface area (Å²) < 4.78 is 19.1. The number of nitrogens with one attached hydrogen (secondary N) is 1. The number of halogens is 1. The van der Waals surface area contributed by atoms with Crippen molar-refractivity contribution in [3.63, 3.8) is 0 Å². The highest BCUT2D eigenvalue weighted by Gasteiger charge is 2.21. The predicted molar refractivity (Wildman–Crippen MR) is 80.9 cm³/mol. The first-order valence-corrected chi connectivity index (χ1v) is 7.57. The maximum Gasteiger partial charge on any atom is 0.123 e. The van der Waals surface area contributed by atoms with Crippen molar-refractivity contribution in [3.05, 3.63) is 53.3 Å². The van der Waals surface area contributed by atoms with Crippen LogP contribution in [0, 0.1) is 5.82 Å². The van der Waals surface area contributed by atoms with Gasteiger partial charge in [-0.15, -0.1) is 0 Å². The zero-order chi connectivity index (χ0) is 14.2. The van der Waals surface area contributed by atoms with Gasteiger partial charge >= 0.3 is 0 Å². The first-order valence-electron chi connectivity index (χ1n) is 7.57. The Bertz CT molecular complexity index is 679. The molecule has 0 bridgehead atoms. The third-order valence-electron chi connectivity index (χ3n) is 4.23. The molecule has 1 heterocycles. The lowest BCUT2D eigenvalue weighted by atomic mass is 9.97. The number of ether oxygens (including phenoxy) is 1. The summed E-state index contributed by atoms with van der Waals surface area (Å²) in [6, 6.07) is 12.0. The van der Waals surface area contributed by atoms with Crippen molar-refractivity contribution < 1.29 is 9.13 Å². The standard InChI is InChI=1S/C18H18FNO/c19-15-2-5-17(14(10-15)11-20-16-3-4-16)12-1-6-18-13(9-12)7-8-21-18/h1-2,5-6,9-10,16,20H,3-4,7-8,11H2. The number of rotatable bonds is 4. The van der Waals surface area contributed by atoms with Gasteiger partial charge in [0.15, 0.2) is 0 Å². The largest absolute Gasteiger partial charge is 0.493 e. The molecule has 3 heteroatoms. The smallest absolute Gasteiger partial charge is 0.123 e. The Labute approximate surface area is 123 Å². The molecule has 0 saturated heterocycles. The minimum atomic E-state index is -0.171. The molecule has 2 aliphatic rings. The van der Waals surface area contributed by atoms with Crippen LogP contribution >= 0.6 is 0 Å². The fraction of sp³-hybridized carbons (Fsp3) is 0.333. The molecule has 0 amide bonds. The van der Waals surface area contributed by atoms with Gasteiger partial charge in [-0.25, -0.2) is 4.39 Å². The van der Waals surface area contributed by atoms with Crippen molar-refractivity contribution in [1.29, 1.82) is 0 Å². The lowest BCUT2D eigenvalue weighted by Crippen LogP contribution is -2.16. The average molecular weight is 283 g/mol. The molecular weight excluding hydrogens is 265 g/mol. The molecular formula is C18H18FNO. The van der Waals surface area contributed by atoms with Crippen LogP contribution in [0.2, 0.25) is 0 Å². The molecule has 4 rings (SSSR count). The molecule has 2 nitrogen and oxygen atoms in total. The fourth-order valence-corrected chi connectivity index (χ4v) is 2.89. The SMILES string of the molecule is Fc1ccc(-c2ccc3c(c2)CCO3)c(CNC2CC2)c1. The predicted octanol–water partition coefficient (Wildman–Crippen LogP) is 3.68. The van der Waals surface area contributed by atoms with E-state index < -0.39 is 0 Å². The highest BCUT2D eigenvalue weighted by Crippen LogP contribution is 2.32. The number of hydrogen-bond acceptors (Lipinski definition) is 2. The van der Waals surface area contributed by atoms with Gasteiger partial charge in [0.2, 0.25) is 0 Å². The maximum atomic E-state index is 13.6. The fourth-order valence-electron chi connectivity index (χ4n) is 2.89. The third-order valence-corrected chi connectivity index (χ3v) is 4.23. The quantitative estimate of drug-likeness (QED) is 0.924. The Kier molecular flexibility index (Phi) is 3.15. The number of hydrogen-bond donors (Lipinski definition) is 1. The van der Waals surface area contributed by atoms with Crippen molar-refractivity contribution in [2.75, 3.05) is 6.61 Å². The van der Waals surface area contributed by atoms with Crippen LogP contribution in [0.5, 0.6) is 5.75 Å². The topological polar surface area (TPSA) is 21.3 Å². The summed E-state index contributed by atoms with van der Waals surface area (Å²) >= 11 is 0. The van der Waals surface area contributed by atoms with Gasteiger partial charge in [-0.3, -0.25) is 0 Å². The summed E-state index contributed by atoms with van der Waals surface area (Å²) in [5.41, 5.74) is 4.53. The van der Waals surface area contributed by atoms with Crippen molar-refractivity contribution in [3.8, 4) is 16.9 Å². The second-order valence-corrected chi connectivity index (χ2v) is 5.88. The molecule has 0 spiro atoms. The average Bonchev–Trinajstić information content (AvgIpc) is 3.20. The van der Waals surface area contributed by atoms with E-state index in [1.165, 1.54) is 18.4 Å². The van der Waals surface area contributed by atoms with E-state index >= 15 is 0 Å². The highest BCUT2D eigenvalue weighted by molar-refractivity contribution is 5.69. The van der Waals surface area contributed by atoms with Crippen LogP contribution in [-0.4, -0.2) is 12.6 Å². The Morgan fingerprint density at radius 3 is 2.90 bits per heavy atom. The summed E-state index contributed by atoms with van der Waals surface area (Å²) in [5, 5.41) is 3.47. The van der Waals surface area contributed by atoms with Crippen molar-refractivity contribution in [2.24, 2.45) is 0 Å². The summed E-state index contributed by atoms with van der Waals surface area (Å²) in [6.45, 7) is 1.49. The molecule has 1 aliphatic heterocycles. The monoisotopic (exact) mass is 283 g/mol. The van der Waals surface area contributed by atoms with Crippen molar-refractivity contribution in [1.82, 2.24) is 5.32 Å². The van der Waals surface area contributed by atoms with Gasteiger partial charge in [-0.05, 0) is 59.4 Å². The van der Waals surface area contributed by atoms with E-state index in [9.17, 15) is 4.39 Å². The van der Waals surface area contributed by atoms with E-state index in [1.54, 1.807) is 12.1 Å². The number of benzene rings is 2. The molecule has 0 unspecified atom stereocenters. The first-order chi connectivity index (χ1) is 10.3. The summed E-state index contributed by atoms with van der Waals surface area (Å²) in [4.78, 5) is 0. The van der Waals surface area contributed by atoms with Gasteiger partial charge in [-0.2, -0.15) is 0 Å². The zero-order valence-corrected chi connectivity index (χ0v) is 11.9. The molecule has 0 atom stereocenters. The van der Waals surface area contributed by atoms with Gasteiger partial charge in [-0.1, -0.05) is 12.1 Å². The molecule has 2 aromatic rings. The van der Waals surface area contributed by atoms with Gasteiger partial charge < -0.3 is 10.1 Å². The van der Waals surface area contributed by atoms with E-state index in [2.05, 4.69) is 17.4 Å². The van der Waals surface area contributed by atoms with Crippen LogP contribution < -0.4 is 10.1 Å². The molecule has 0 radical (unpaired) electrons. The summed E-state index contributed by atoms with van der Waals surface area (Å²) in [7, 11) is 0. The molecule has 1 N–H and O–H groups in total. The van der Waals surface area contributed by atoms with Crippen LogP contribution in [0.1, 0.15) is 24.0 Å². The lowest BCUT2D eigenvalue weighted by molar-refractivity contribution is 0.357.